The summed E-state index contributed by atoms with van der Waals surface area (Å²) in [6, 6.07) is 8.76. The first-order valence-electron chi connectivity index (χ1n) is 6.59. The summed E-state index contributed by atoms with van der Waals surface area (Å²) in [4.78, 5) is 21.6. The van der Waals surface area contributed by atoms with Gasteiger partial charge in [-0.25, -0.2) is 0 Å². The average molecular weight is 304 g/mol. The molecule has 3 N–H and O–H groups in total. The third-order valence-electron chi connectivity index (χ3n) is 3.10. The maximum atomic E-state index is 12.3. The molecule has 0 saturated heterocycles. The highest BCUT2D eigenvalue weighted by Gasteiger charge is 2.20. The molecule has 0 aliphatic carbocycles. The van der Waals surface area contributed by atoms with E-state index >= 15 is 0 Å². The molecule has 0 saturated carbocycles. The minimum absolute atomic E-state index is 0.0431. The summed E-state index contributed by atoms with van der Waals surface area (Å²) in [5.41, 5.74) is 0.831. The molecule has 22 heavy (non-hydrogen) atoms. The number of phenolic OH excluding ortho intramolecular Hbond substituents is 3. The molecule has 6 heteroatoms. The van der Waals surface area contributed by atoms with E-state index in [1.807, 2.05) is 0 Å². The number of carbonyl (C=O) groups excluding carboxylic acids is 1. The summed E-state index contributed by atoms with van der Waals surface area (Å²) in [6.45, 7) is 0. The van der Waals surface area contributed by atoms with Crippen molar-refractivity contribution >= 4 is 5.78 Å². The van der Waals surface area contributed by atoms with Crippen molar-refractivity contribution in [1.82, 2.24) is 0 Å². The zero-order valence-electron chi connectivity index (χ0n) is 11.9. The number of hydrogen-bond donors (Lipinski definition) is 3. The predicted octanol–water partition coefficient (Wildman–Crippen LogP) is 2.56. The van der Waals surface area contributed by atoms with E-state index in [-0.39, 0.29) is 40.8 Å². The lowest BCUT2D eigenvalue weighted by atomic mass is 10.0. The standard InChI is InChI=1S/C16H16O6/c1-21-22-15-9-12(18)8-14(20)16(15)13(19)7-4-10-2-5-11(17)6-3-10/h2-3,5-6,8-9,17-18,20H,4,7H2,1H3. The van der Waals surface area contributed by atoms with Crippen LogP contribution in [0.4, 0.5) is 0 Å². The summed E-state index contributed by atoms with van der Waals surface area (Å²) < 4.78 is 0. The van der Waals surface area contributed by atoms with E-state index in [1.54, 1.807) is 12.1 Å². The van der Waals surface area contributed by atoms with E-state index in [0.717, 1.165) is 11.6 Å². The number of Topliss-reactive ketones (excluding diaryl/α,β-unsaturated/α-hetero) is 1. The van der Waals surface area contributed by atoms with Gasteiger partial charge in [0.15, 0.2) is 11.5 Å². The van der Waals surface area contributed by atoms with E-state index in [4.69, 9.17) is 4.89 Å². The Labute approximate surface area is 127 Å². The number of benzene rings is 2. The highest BCUT2D eigenvalue weighted by atomic mass is 17.2. The first kappa shape index (κ1) is 15.7. The Morgan fingerprint density at radius 3 is 2.36 bits per heavy atom. The first-order valence-corrected chi connectivity index (χ1v) is 6.59. The lowest BCUT2D eigenvalue weighted by molar-refractivity contribution is -0.178. The van der Waals surface area contributed by atoms with Crippen molar-refractivity contribution in [2.75, 3.05) is 7.11 Å². The van der Waals surface area contributed by atoms with Gasteiger partial charge in [0.2, 0.25) is 0 Å². The topological polar surface area (TPSA) is 96.2 Å². The molecule has 0 atom stereocenters. The first-order chi connectivity index (χ1) is 10.5. The Morgan fingerprint density at radius 1 is 1.05 bits per heavy atom. The van der Waals surface area contributed by atoms with Gasteiger partial charge in [-0.2, -0.15) is 4.89 Å². The van der Waals surface area contributed by atoms with E-state index in [2.05, 4.69) is 4.89 Å². The minimum Gasteiger partial charge on any atom is -0.508 e. The second-order valence-corrected chi connectivity index (χ2v) is 4.68. The van der Waals surface area contributed by atoms with Crippen LogP contribution in [0.2, 0.25) is 0 Å². The van der Waals surface area contributed by atoms with Gasteiger partial charge in [-0.1, -0.05) is 12.1 Å². The molecule has 0 aliphatic rings. The number of aryl methyl sites for hydroxylation is 1. The van der Waals surface area contributed by atoms with Crippen molar-refractivity contribution in [3.8, 4) is 23.0 Å². The molecule has 2 rings (SSSR count). The second kappa shape index (κ2) is 6.82. The van der Waals surface area contributed by atoms with E-state index in [9.17, 15) is 20.1 Å². The summed E-state index contributed by atoms with van der Waals surface area (Å²) in [7, 11) is 1.26. The minimum atomic E-state index is -0.372. The van der Waals surface area contributed by atoms with Crippen LogP contribution in [0.15, 0.2) is 36.4 Å². The van der Waals surface area contributed by atoms with Crippen LogP contribution in [0.3, 0.4) is 0 Å². The fraction of sp³-hybridized carbons (Fsp3) is 0.188. The van der Waals surface area contributed by atoms with Crippen LogP contribution in [0.25, 0.3) is 0 Å². The van der Waals surface area contributed by atoms with Gasteiger partial charge in [-0.3, -0.25) is 4.79 Å². The van der Waals surface area contributed by atoms with Crippen molar-refractivity contribution in [3.63, 3.8) is 0 Å². The summed E-state index contributed by atoms with van der Waals surface area (Å²) >= 11 is 0. The second-order valence-electron chi connectivity index (χ2n) is 4.68. The van der Waals surface area contributed by atoms with Crippen LogP contribution in [0, 0.1) is 0 Å². The molecule has 0 spiro atoms. The summed E-state index contributed by atoms with van der Waals surface area (Å²) in [5.74, 6) is -0.849. The maximum absolute atomic E-state index is 12.3. The fourth-order valence-corrected chi connectivity index (χ4v) is 2.07. The van der Waals surface area contributed by atoms with E-state index in [1.165, 1.54) is 25.3 Å². The van der Waals surface area contributed by atoms with Gasteiger partial charge in [0, 0.05) is 18.6 Å². The molecule has 0 radical (unpaired) electrons. The van der Waals surface area contributed by atoms with E-state index in [0.29, 0.717) is 6.42 Å². The average Bonchev–Trinajstić information content (AvgIpc) is 2.46. The molecule has 2 aromatic rings. The van der Waals surface area contributed by atoms with E-state index < -0.39 is 0 Å². The molecule has 0 aliphatic heterocycles. The zero-order valence-corrected chi connectivity index (χ0v) is 11.9. The Bertz CT molecular complexity index is 663. The van der Waals surface area contributed by atoms with Crippen molar-refractivity contribution < 1.29 is 29.9 Å². The molecule has 0 aromatic heterocycles. The van der Waals surface area contributed by atoms with Crippen LogP contribution < -0.4 is 4.89 Å². The number of phenols is 3. The lowest BCUT2D eigenvalue weighted by Gasteiger charge is -2.10. The SMILES string of the molecule is COOc1cc(O)cc(O)c1C(=O)CCc1ccc(O)cc1. The molecular formula is C16H16O6. The lowest BCUT2D eigenvalue weighted by Crippen LogP contribution is -2.05. The van der Waals surface area contributed by atoms with Crippen LogP contribution in [0.1, 0.15) is 22.3 Å². The zero-order chi connectivity index (χ0) is 16.1. The number of carbonyl (C=O) groups is 1. The predicted molar refractivity (Wildman–Crippen MR) is 78.2 cm³/mol. The van der Waals surface area contributed by atoms with Crippen LogP contribution in [0.5, 0.6) is 23.0 Å². The van der Waals surface area contributed by atoms with Gasteiger partial charge in [-0.05, 0) is 24.1 Å². The highest BCUT2D eigenvalue weighted by molar-refractivity contribution is 6.01. The molecule has 2 aromatic carbocycles. The largest absolute Gasteiger partial charge is 0.508 e. The fourth-order valence-electron chi connectivity index (χ4n) is 2.07. The Hall–Kier alpha value is -2.73. The summed E-state index contributed by atoms with van der Waals surface area (Å²) in [5, 5.41) is 28.5. The van der Waals surface area contributed by atoms with Gasteiger partial charge in [0.05, 0.1) is 7.11 Å². The van der Waals surface area contributed by atoms with Crippen LogP contribution in [-0.2, 0) is 11.3 Å². The summed E-state index contributed by atoms with van der Waals surface area (Å²) in [6.07, 6.45) is 0.565. The molecule has 116 valence electrons. The van der Waals surface area contributed by atoms with Crippen LogP contribution in [-0.4, -0.2) is 28.2 Å². The number of aromatic hydroxyl groups is 3. The van der Waals surface area contributed by atoms with Gasteiger partial charge in [0.25, 0.3) is 0 Å². The monoisotopic (exact) mass is 304 g/mol. The highest BCUT2D eigenvalue weighted by Crippen LogP contribution is 2.34. The third kappa shape index (κ3) is 3.67. The van der Waals surface area contributed by atoms with Gasteiger partial charge in [0.1, 0.15) is 22.8 Å². The quantitative estimate of drug-likeness (QED) is 0.431. The van der Waals surface area contributed by atoms with Gasteiger partial charge in [-0.15, -0.1) is 0 Å². The smallest absolute Gasteiger partial charge is 0.183 e. The van der Waals surface area contributed by atoms with Gasteiger partial charge < -0.3 is 20.2 Å². The molecule has 0 bridgehead atoms. The van der Waals surface area contributed by atoms with Crippen molar-refractivity contribution in [1.29, 1.82) is 0 Å². The molecule has 0 heterocycles. The van der Waals surface area contributed by atoms with Gasteiger partial charge >= 0.3 is 0 Å². The number of ketones is 1. The maximum Gasteiger partial charge on any atom is 0.183 e. The van der Waals surface area contributed by atoms with Crippen molar-refractivity contribution in [3.05, 3.63) is 47.5 Å². The normalized spacial score (nSPS) is 10.4. The molecule has 6 nitrogen and oxygen atoms in total. The third-order valence-corrected chi connectivity index (χ3v) is 3.10. The van der Waals surface area contributed by atoms with Crippen molar-refractivity contribution in [2.45, 2.75) is 12.8 Å². The Kier molecular flexibility index (Phi) is 4.85. The number of hydrogen-bond acceptors (Lipinski definition) is 6. The Balaban J connectivity index is 2.16. The van der Waals surface area contributed by atoms with Crippen molar-refractivity contribution in [2.24, 2.45) is 0 Å². The van der Waals surface area contributed by atoms with Crippen LogP contribution >= 0.6 is 0 Å². The molecule has 0 amide bonds. The molecular weight excluding hydrogens is 288 g/mol. The number of rotatable bonds is 6. The Morgan fingerprint density at radius 2 is 1.73 bits per heavy atom. The molecule has 0 unspecified atom stereocenters. The molecule has 0 fully saturated rings.